The summed E-state index contributed by atoms with van der Waals surface area (Å²) in [5.41, 5.74) is 1.75. The van der Waals surface area contributed by atoms with Crippen LogP contribution >= 0.6 is 0 Å². The number of methoxy groups -OCH3 is 1. The molecule has 0 aliphatic rings. The molecule has 0 bridgehead atoms. The van der Waals surface area contributed by atoms with Crippen molar-refractivity contribution in [2.45, 2.75) is 45.8 Å². The molecule has 0 spiro atoms. The average molecular weight is 251 g/mol. The summed E-state index contributed by atoms with van der Waals surface area (Å²) in [7, 11) is 1.68. The van der Waals surface area contributed by atoms with E-state index in [-0.39, 0.29) is 0 Å². The summed E-state index contributed by atoms with van der Waals surface area (Å²) >= 11 is 0. The molecule has 18 heavy (non-hydrogen) atoms. The number of hydrogen-bond acceptors (Lipinski definition) is 3. The van der Waals surface area contributed by atoms with Crippen molar-refractivity contribution in [1.82, 2.24) is 5.32 Å². The van der Waals surface area contributed by atoms with Gasteiger partial charge in [-0.05, 0) is 25.8 Å². The number of hydrogen-bond donors (Lipinski definition) is 2. The van der Waals surface area contributed by atoms with Crippen LogP contribution in [0.4, 0.5) is 0 Å². The van der Waals surface area contributed by atoms with E-state index < -0.39 is 5.60 Å². The Kier molecular flexibility index (Phi) is 5.63. The maximum atomic E-state index is 10.2. The fourth-order valence-corrected chi connectivity index (χ4v) is 1.98. The number of ether oxygens (including phenoxy) is 1. The smallest absolute Gasteiger partial charge is 0.123 e. The summed E-state index contributed by atoms with van der Waals surface area (Å²) in [5.74, 6) is 0.893. The minimum Gasteiger partial charge on any atom is -0.496 e. The predicted molar refractivity (Wildman–Crippen MR) is 75.0 cm³/mol. The molecule has 102 valence electrons. The number of aliphatic hydroxyl groups is 1. The summed E-state index contributed by atoms with van der Waals surface area (Å²) in [5, 5.41) is 13.5. The Morgan fingerprint density at radius 3 is 2.50 bits per heavy atom. The van der Waals surface area contributed by atoms with E-state index in [4.69, 9.17) is 4.74 Å². The lowest BCUT2D eigenvalue weighted by molar-refractivity contribution is 0.0322. The molecule has 0 heterocycles. The topological polar surface area (TPSA) is 41.5 Å². The molecule has 1 rings (SSSR count). The van der Waals surface area contributed by atoms with Crippen LogP contribution in [0.25, 0.3) is 0 Å². The fourth-order valence-electron chi connectivity index (χ4n) is 1.98. The van der Waals surface area contributed by atoms with Crippen LogP contribution in [0, 0.1) is 6.92 Å². The van der Waals surface area contributed by atoms with Crippen LogP contribution in [0.5, 0.6) is 5.75 Å². The van der Waals surface area contributed by atoms with Gasteiger partial charge < -0.3 is 15.2 Å². The van der Waals surface area contributed by atoms with Gasteiger partial charge in [0.25, 0.3) is 0 Å². The van der Waals surface area contributed by atoms with Gasteiger partial charge >= 0.3 is 0 Å². The van der Waals surface area contributed by atoms with E-state index >= 15 is 0 Å². The zero-order valence-electron chi connectivity index (χ0n) is 11.9. The second kappa shape index (κ2) is 6.76. The molecule has 0 radical (unpaired) electrons. The van der Waals surface area contributed by atoms with Gasteiger partial charge in [0.15, 0.2) is 0 Å². The van der Waals surface area contributed by atoms with Gasteiger partial charge in [-0.2, -0.15) is 0 Å². The lowest BCUT2D eigenvalue weighted by Gasteiger charge is -2.25. The summed E-state index contributed by atoms with van der Waals surface area (Å²) in [6, 6.07) is 6.14. The molecule has 3 nitrogen and oxygen atoms in total. The molecule has 0 fully saturated rings. The number of nitrogens with one attached hydrogen (secondary N) is 1. The van der Waals surface area contributed by atoms with Crippen LogP contribution in [0.3, 0.4) is 0 Å². The second-order valence-corrected chi connectivity index (χ2v) is 4.85. The second-order valence-electron chi connectivity index (χ2n) is 4.85. The molecule has 0 aliphatic heterocycles. The first-order chi connectivity index (χ1) is 8.54. The highest BCUT2D eigenvalue weighted by Crippen LogP contribution is 2.20. The highest BCUT2D eigenvalue weighted by molar-refractivity contribution is 5.36. The predicted octanol–water partition coefficient (Wildman–Crippen LogP) is 2.64. The lowest BCUT2D eigenvalue weighted by Crippen LogP contribution is -2.39. The lowest BCUT2D eigenvalue weighted by atomic mass is 9.97. The minimum absolute atomic E-state index is 0.600. The Balaban J connectivity index is 2.60. The Morgan fingerprint density at radius 2 is 1.94 bits per heavy atom. The molecular formula is C15H25NO2. The van der Waals surface area contributed by atoms with E-state index in [1.165, 1.54) is 5.56 Å². The SMILES string of the molecule is CCC(O)(CC)CNCc1cc(C)ccc1OC. The third-order valence-electron chi connectivity index (χ3n) is 3.52. The molecule has 0 saturated heterocycles. The molecule has 1 aromatic rings. The van der Waals surface area contributed by atoms with Crippen molar-refractivity contribution in [1.29, 1.82) is 0 Å². The average Bonchev–Trinajstić information content (AvgIpc) is 2.39. The minimum atomic E-state index is -0.600. The van der Waals surface area contributed by atoms with Crippen molar-refractivity contribution in [2.24, 2.45) is 0 Å². The number of aryl methyl sites for hydroxylation is 1. The van der Waals surface area contributed by atoms with Crippen molar-refractivity contribution >= 4 is 0 Å². The molecule has 0 atom stereocenters. The Hall–Kier alpha value is -1.06. The first-order valence-electron chi connectivity index (χ1n) is 6.61. The van der Waals surface area contributed by atoms with Gasteiger partial charge in [-0.3, -0.25) is 0 Å². The van der Waals surface area contributed by atoms with E-state index in [0.717, 1.165) is 24.2 Å². The van der Waals surface area contributed by atoms with E-state index in [9.17, 15) is 5.11 Å². The zero-order chi connectivity index (χ0) is 13.6. The van der Waals surface area contributed by atoms with Gasteiger partial charge in [0, 0.05) is 18.7 Å². The molecule has 0 unspecified atom stereocenters. The first kappa shape index (κ1) is 15.0. The van der Waals surface area contributed by atoms with Gasteiger partial charge in [-0.15, -0.1) is 0 Å². The van der Waals surface area contributed by atoms with E-state index in [1.807, 2.05) is 26.0 Å². The number of benzene rings is 1. The van der Waals surface area contributed by atoms with Crippen LogP contribution in [0.15, 0.2) is 18.2 Å². The third kappa shape index (κ3) is 4.00. The van der Waals surface area contributed by atoms with Gasteiger partial charge in [-0.25, -0.2) is 0 Å². The normalized spacial score (nSPS) is 11.6. The Morgan fingerprint density at radius 1 is 1.28 bits per heavy atom. The van der Waals surface area contributed by atoms with Crippen molar-refractivity contribution in [3.8, 4) is 5.75 Å². The molecule has 1 aromatic carbocycles. The van der Waals surface area contributed by atoms with Crippen molar-refractivity contribution < 1.29 is 9.84 Å². The zero-order valence-corrected chi connectivity index (χ0v) is 11.9. The highest BCUT2D eigenvalue weighted by Gasteiger charge is 2.21. The van der Waals surface area contributed by atoms with E-state index in [0.29, 0.717) is 13.1 Å². The maximum absolute atomic E-state index is 10.2. The molecule has 0 aliphatic carbocycles. The first-order valence-corrected chi connectivity index (χ1v) is 6.61. The maximum Gasteiger partial charge on any atom is 0.123 e. The quantitative estimate of drug-likeness (QED) is 0.783. The summed E-state index contributed by atoms with van der Waals surface area (Å²) < 4.78 is 5.33. The van der Waals surface area contributed by atoms with Crippen LogP contribution in [0.1, 0.15) is 37.8 Å². The summed E-state index contributed by atoms with van der Waals surface area (Å²) in [6.45, 7) is 7.42. The van der Waals surface area contributed by atoms with Crippen molar-refractivity contribution in [3.05, 3.63) is 29.3 Å². The largest absolute Gasteiger partial charge is 0.496 e. The fraction of sp³-hybridized carbons (Fsp3) is 0.600. The molecule has 0 amide bonds. The van der Waals surface area contributed by atoms with Crippen molar-refractivity contribution in [3.63, 3.8) is 0 Å². The number of rotatable bonds is 7. The van der Waals surface area contributed by atoms with Gasteiger partial charge in [0.1, 0.15) is 5.75 Å². The highest BCUT2D eigenvalue weighted by atomic mass is 16.5. The molecule has 0 aromatic heterocycles. The summed E-state index contributed by atoms with van der Waals surface area (Å²) in [4.78, 5) is 0. The van der Waals surface area contributed by atoms with E-state index in [1.54, 1.807) is 7.11 Å². The third-order valence-corrected chi connectivity index (χ3v) is 3.52. The van der Waals surface area contributed by atoms with Gasteiger partial charge in [0.05, 0.1) is 12.7 Å². The Labute approximate surface area is 110 Å². The molecule has 3 heteroatoms. The molecular weight excluding hydrogens is 226 g/mol. The van der Waals surface area contributed by atoms with Gasteiger partial charge in [0.2, 0.25) is 0 Å². The van der Waals surface area contributed by atoms with Crippen LogP contribution in [0.2, 0.25) is 0 Å². The van der Waals surface area contributed by atoms with Crippen molar-refractivity contribution in [2.75, 3.05) is 13.7 Å². The molecule has 0 saturated carbocycles. The standard InChI is InChI=1S/C15H25NO2/c1-5-15(17,6-2)11-16-10-13-9-12(3)7-8-14(13)18-4/h7-9,16-17H,5-6,10-11H2,1-4H3. The van der Waals surface area contributed by atoms with Gasteiger partial charge in [-0.1, -0.05) is 31.5 Å². The summed E-state index contributed by atoms with van der Waals surface area (Å²) in [6.07, 6.45) is 1.53. The molecule has 2 N–H and O–H groups in total. The Bertz CT molecular complexity index is 373. The van der Waals surface area contributed by atoms with Crippen LogP contribution < -0.4 is 10.1 Å². The monoisotopic (exact) mass is 251 g/mol. The van der Waals surface area contributed by atoms with Crippen LogP contribution in [-0.4, -0.2) is 24.4 Å². The van der Waals surface area contributed by atoms with Crippen LogP contribution in [-0.2, 0) is 6.54 Å². The van der Waals surface area contributed by atoms with E-state index in [2.05, 4.69) is 18.3 Å².